The van der Waals surface area contributed by atoms with Crippen molar-refractivity contribution in [1.82, 2.24) is 4.90 Å². The van der Waals surface area contributed by atoms with Gasteiger partial charge in [-0.15, -0.1) is 0 Å². The zero-order valence-corrected chi connectivity index (χ0v) is 22.0. The first-order valence-corrected chi connectivity index (χ1v) is 11.8. The Bertz CT molecular complexity index is 1000. The van der Waals surface area contributed by atoms with Crippen molar-refractivity contribution in [2.75, 3.05) is 27.9 Å². The largest absolute Gasteiger partial charge is 0.507 e. The van der Waals surface area contributed by atoms with E-state index < -0.39 is 0 Å². The van der Waals surface area contributed by atoms with Gasteiger partial charge in [0.15, 0.2) is 11.5 Å². The van der Waals surface area contributed by atoms with E-state index >= 15 is 0 Å². The molecule has 0 aliphatic carbocycles. The summed E-state index contributed by atoms with van der Waals surface area (Å²) in [6, 6.07) is 7.57. The fourth-order valence-corrected chi connectivity index (χ4v) is 4.71. The van der Waals surface area contributed by atoms with Crippen LogP contribution in [0.1, 0.15) is 82.7 Å². The predicted molar refractivity (Wildman–Crippen MR) is 134 cm³/mol. The quantitative estimate of drug-likeness (QED) is 0.586. The van der Waals surface area contributed by atoms with Gasteiger partial charge in [0.1, 0.15) is 5.75 Å². The van der Waals surface area contributed by atoms with Crippen LogP contribution < -0.4 is 14.2 Å². The maximum atomic E-state index is 13.0. The molecular formula is C28H39NO5. The summed E-state index contributed by atoms with van der Waals surface area (Å²) in [7, 11) is 4.76. The van der Waals surface area contributed by atoms with Crippen molar-refractivity contribution in [3.8, 4) is 23.0 Å². The number of aromatic hydroxyl groups is 1. The Morgan fingerprint density at radius 2 is 1.29 bits per heavy atom. The highest BCUT2D eigenvalue weighted by molar-refractivity contribution is 5.79. The third kappa shape index (κ3) is 4.82. The molecule has 3 rings (SSSR count). The molecule has 1 saturated heterocycles. The van der Waals surface area contributed by atoms with E-state index in [1.54, 1.807) is 21.3 Å². The van der Waals surface area contributed by atoms with Crippen molar-refractivity contribution in [3.63, 3.8) is 0 Å². The fourth-order valence-electron chi connectivity index (χ4n) is 4.71. The van der Waals surface area contributed by atoms with Crippen LogP contribution in [0.3, 0.4) is 0 Å². The van der Waals surface area contributed by atoms with E-state index in [-0.39, 0.29) is 22.8 Å². The van der Waals surface area contributed by atoms with Gasteiger partial charge < -0.3 is 24.2 Å². The molecule has 1 atom stereocenters. The average Bonchev–Trinajstić information content (AvgIpc) is 3.17. The van der Waals surface area contributed by atoms with E-state index in [1.165, 1.54) is 0 Å². The molecule has 1 aliphatic heterocycles. The molecule has 34 heavy (non-hydrogen) atoms. The Hall–Kier alpha value is -2.89. The van der Waals surface area contributed by atoms with E-state index in [0.717, 1.165) is 28.7 Å². The molecule has 1 heterocycles. The molecule has 2 aromatic carbocycles. The number of hydrogen-bond donors (Lipinski definition) is 1. The summed E-state index contributed by atoms with van der Waals surface area (Å²) in [6.07, 6.45) is 1.34. The van der Waals surface area contributed by atoms with Crippen molar-refractivity contribution in [1.29, 1.82) is 0 Å². The van der Waals surface area contributed by atoms with Crippen molar-refractivity contribution >= 4 is 5.91 Å². The highest BCUT2D eigenvalue weighted by Gasteiger charge is 2.35. The van der Waals surface area contributed by atoms with Crippen LogP contribution in [0, 0.1) is 0 Å². The van der Waals surface area contributed by atoms with Crippen LogP contribution in [0.25, 0.3) is 0 Å². The molecule has 2 aromatic rings. The normalized spacial score (nSPS) is 15.4. The Morgan fingerprint density at radius 1 is 0.824 bits per heavy atom. The van der Waals surface area contributed by atoms with Crippen LogP contribution in [0.2, 0.25) is 0 Å². The highest BCUT2D eigenvalue weighted by Crippen LogP contribution is 2.46. The van der Waals surface area contributed by atoms with Gasteiger partial charge >= 0.3 is 0 Å². The molecule has 0 bridgehead atoms. The van der Waals surface area contributed by atoms with Gasteiger partial charge in [0.25, 0.3) is 0 Å². The van der Waals surface area contributed by atoms with Gasteiger partial charge in [-0.25, -0.2) is 0 Å². The van der Waals surface area contributed by atoms with E-state index in [2.05, 4.69) is 41.5 Å². The highest BCUT2D eigenvalue weighted by atomic mass is 16.5. The molecule has 1 N–H and O–H groups in total. The van der Waals surface area contributed by atoms with Crippen molar-refractivity contribution in [2.24, 2.45) is 0 Å². The Labute approximate surface area is 203 Å². The smallest absolute Gasteiger partial charge is 0.223 e. The average molecular weight is 470 g/mol. The number of hydrogen-bond acceptors (Lipinski definition) is 5. The monoisotopic (exact) mass is 469 g/mol. The molecule has 0 saturated carbocycles. The molecule has 1 unspecified atom stereocenters. The van der Waals surface area contributed by atoms with Gasteiger partial charge in [-0.1, -0.05) is 41.5 Å². The summed E-state index contributed by atoms with van der Waals surface area (Å²) in [5.74, 6) is 2.03. The number of benzene rings is 2. The maximum absolute atomic E-state index is 13.0. The topological polar surface area (TPSA) is 68.2 Å². The van der Waals surface area contributed by atoms with Gasteiger partial charge in [-0.2, -0.15) is 0 Å². The molecule has 1 fully saturated rings. The van der Waals surface area contributed by atoms with Crippen LogP contribution >= 0.6 is 0 Å². The Morgan fingerprint density at radius 3 is 1.65 bits per heavy atom. The Kier molecular flexibility index (Phi) is 7.11. The first-order chi connectivity index (χ1) is 15.8. The zero-order valence-electron chi connectivity index (χ0n) is 22.0. The van der Waals surface area contributed by atoms with E-state index in [1.807, 2.05) is 29.2 Å². The number of phenolic OH excluding ortho intramolecular Hbond substituents is 1. The van der Waals surface area contributed by atoms with Crippen molar-refractivity contribution < 1.29 is 24.1 Å². The van der Waals surface area contributed by atoms with Gasteiger partial charge in [0.05, 0.1) is 27.4 Å². The first-order valence-electron chi connectivity index (χ1n) is 11.8. The molecule has 6 heteroatoms. The number of carbonyl (C=O) groups excluding carboxylic acids is 1. The van der Waals surface area contributed by atoms with E-state index in [4.69, 9.17) is 14.2 Å². The summed E-state index contributed by atoms with van der Waals surface area (Å²) in [6.45, 7) is 13.2. The van der Waals surface area contributed by atoms with Gasteiger partial charge in [-0.05, 0) is 63.8 Å². The van der Waals surface area contributed by atoms with Crippen LogP contribution in [-0.4, -0.2) is 43.8 Å². The SMILES string of the molecule is COc1cc(C(c2cc(C(C)(C)C)c(O)c(C(C)(C)C)c2)N2CCCC2=O)cc(OC)c1OC. The number of carbonyl (C=O) groups is 1. The van der Waals surface area contributed by atoms with E-state index in [0.29, 0.717) is 36.0 Å². The lowest BCUT2D eigenvalue weighted by atomic mass is 9.77. The summed E-state index contributed by atoms with van der Waals surface area (Å²) in [5.41, 5.74) is 2.98. The molecule has 1 amide bonds. The molecule has 1 aliphatic rings. The van der Waals surface area contributed by atoms with Gasteiger partial charge in [0, 0.05) is 13.0 Å². The molecule has 0 spiro atoms. The predicted octanol–water partition coefficient (Wildman–Crippen LogP) is 5.72. The molecule has 0 radical (unpaired) electrons. The van der Waals surface area contributed by atoms with E-state index in [9.17, 15) is 9.90 Å². The number of phenols is 1. The maximum Gasteiger partial charge on any atom is 0.223 e. The summed E-state index contributed by atoms with van der Waals surface area (Å²) in [5, 5.41) is 11.2. The first kappa shape index (κ1) is 25.7. The second-order valence-electron chi connectivity index (χ2n) is 11.0. The van der Waals surface area contributed by atoms with Crippen LogP contribution in [0.5, 0.6) is 23.0 Å². The second-order valence-corrected chi connectivity index (χ2v) is 11.0. The zero-order chi connectivity index (χ0) is 25.4. The summed E-state index contributed by atoms with van der Waals surface area (Å²) < 4.78 is 16.8. The fraction of sp³-hybridized carbons (Fsp3) is 0.536. The number of amides is 1. The number of nitrogens with zero attached hydrogens (tertiary/aromatic N) is 1. The number of rotatable bonds is 6. The lowest BCUT2D eigenvalue weighted by molar-refractivity contribution is -0.129. The lowest BCUT2D eigenvalue weighted by Crippen LogP contribution is -2.31. The summed E-state index contributed by atoms with van der Waals surface area (Å²) >= 11 is 0. The Balaban J connectivity index is 2.36. The van der Waals surface area contributed by atoms with Gasteiger partial charge in [0.2, 0.25) is 11.7 Å². The standard InChI is InChI=1S/C28H39NO5/c1-27(2,3)19-13-17(14-20(25(19)31)28(4,5)6)24(29-12-10-11-23(29)30)18-15-21(32-7)26(34-9)22(16-18)33-8/h13-16,24,31H,10-12H2,1-9H3. The number of ether oxygens (including phenoxy) is 3. The van der Waals surface area contributed by atoms with Crippen molar-refractivity contribution in [2.45, 2.75) is 71.3 Å². The third-order valence-corrected chi connectivity index (χ3v) is 6.49. The number of likely N-dealkylation sites (tertiary alicyclic amines) is 1. The van der Waals surface area contributed by atoms with Gasteiger partial charge in [-0.3, -0.25) is 4.79 Å². The third-order valence-electron chi connectivity index (χ3n) is 6.49. The summed E-state index contributed by atoms with van der Waals surface area (Å²) in [4.78, 5) is 14.9. The van der Waals surface area contributed by atoms with Crippen LogP contribution in [0.15, 0.2) is 24.3 Å². The molecule has 6 nitrogen and oxygen atoms in total. The lowest BCUT2D eigenvalue weighted by Gasteiger charge is -2.33. The minimum Gasteiger partial charge on any atom is -0.507 e. The minimum absolute atomic E-state index is 0.112. The molecule has 0 aromatic heterocycles. The second kappa shape index (κ2) is 9.40. The van der Waals surface area contributed by atoms with Crippen LogP contribution in [-0.2, 0) is 15.6 Å². The van der Waals surface area contributed by atoms with Crippen molar-refractivity contribution in [3.05, 3.63) is 46.5 Å². The molecular weight excluding hydrogens is 430 g/mol. The minimum atomic E-state index is -0.355. The number of methoxy groups -OCH3 is 3. The molecule has 186 valence electrons. The van der Waals surface area contributed by atoms with Crippen LogP contribution in [0.4, 0.5) is 0 Å².